The van der Waals surface area contributed by atoms with Crippen LogP contribution in [0.4, 0.5) is 5.82 Å². The molecular formula is C25H40N4O3. The van der Waals surface area contributed by atoms with Crippen LogP contribution in [-0.4, -0.2) is 40.6 Å². The first-order valence-corrected chi connectivity index (χ1v) is 12.4. The summed E-state index contributed by atoms with van der Waals surface area (Å²) in [5, 5.41) is 15.7. The van der Waals surface area contributed by atoms with Crippen molar-refractivity contribution in [1.82, 2.24) is 10.3 Å². The Balaban J connectivity index is 1.32. The number of carbonyl (C=O) groups is 2. The zero-order chi connectivity index (χ0) is 23.0. The summed E-state index contributed by atoms with van der Waals surface area (Å²) < 4.78 is 0. The maximum absolute atomic E-state index is 12.7. The number of hydrogen-bond acceptors (Lipinski definition) is 5. The summed E-state index contributed by atoms with van der Waals surface area (Å²) in [5.41, 5.74) is 7.92. The Morgan fingerprint density at radius 2 is 1.94 bits per heavy atom. The third-order valence-electron chi connectivity index (χ3n) is 7.16. The van der Waals surface area contributed by atoms with E-state index >= 15 is 0 Å². The number of anilines is 1. The van der Waals surface area contributed by atoms with E-state index in [1.807, 2.05) is 6.92 Å². The Kier molecular flexibility index (Phi) is 8.91. The fraction of sp³-hybridized carbons (Fsp3) is 0.720. The molecule has 1 aliphatic carbocycles. The molecule has 1 saturated carbocycles. The second kappa shape index (κ2) is 11.6. The van der Waals surface area contributed by atoms with E-state index in [0.29, 0.717) is 6.42 Å². The molecule has 0 spiro atoms. The van der Waals surface area contributed by atoms with Gasteiger partial charge in [-0.1, -0.05) is 38.7 Å². The van der Waals surface area contributed by atoms with Crippen molar-refractivity contribution in [2.24, 2.45) is 11.1 Å². The molecule has 1 amide bonds. The summed E-state index contributed by atoms with van der Waals surface area (Å²) in [6.07, 6.45) is 11.9. The average Bonchev–Trinajstić information content (AvgIpc) is 2.79. The summed E-state index contributed by atoms with van der Waals surface area (Å²) >= 11 is 0. The first-order chi connectivity index (χ1) is 15.4. The molecule has 0 bridgehead atoms. The maximum Gasteiger partial charge on any atom is 0.326 e. The highest BCUT2D eigenvalue weighted by molar-refractivity contribution is 5.87. The first-order valence-electron chi connectivity index (χ1n) is 12.4. The SMILES string of the molecule is CC1(C(=O)NC(CCCCCCCc2ccc3c(n2)NCCC3)C(=O)O)CCC(N)CC1. The van der Waals surface area contributed by atoms with Gasteiger partial charge >= 0.3 is 5.97 Å². The van der Waals surface area contributed by atoms with Gasteiger partial charge in [0.1, 0.15) is 11.9 Å². The Bertz CT molecular complexity index is 774. The molecule has 1 aliphatic heterocycles. The van der Waals surface area contributed by atoms with E-state index in [1.165, 1.54) is 12.0 Å². The molecule has 1 aromatic heterocycles. The van der Waals surface area contributed by atoms with E-state index in [2.05, 4.69) is 22.8 Å². The molecule has 32 heavy (non-hydrogen) atoms. The molecule has 0 saturated heterocycles. The van der Waals surface area contributed by atoms with Gasteiger partial charge in [0.2, 0.25) is 5.91 Å². The number of rotatable bonds is 11. The average molecular weight is 445 g/mol. The summed E-state index contributed by atoms with van der Waals surface area (Å²) in [6.45, 7) is 2.94. The van der Waals surface area contributed by atoms with Crippen LogP contribution in [0.2, 0.25) is 0 Å². The zero-order valence-corrected chi connectivity index (χ0v) is 19.5. The van der Waals surface area contributed by atoms with Crippen molar-refractivity contribution in [3.63, 3.8) is 0 Å². The molecule has 1 atom stereocenters. The number of nitrogens with two attached hydrogens (primary N) is 1. The number of pyridine rings is 1. The lowest BCUT2D eigenvalue weighted by Crippen LogP contribution is -2.49. The number of aliphatic carboxylic acids is 1. The van der Waals surface area contributed by atoms with Gasteiger partial charge in [-0.25, -0.2) is 9.78 Å². The van der Waals surface area contributed by atoms with Gasteiger partial charge in [-0.15, -0.1) is 0 Å². The summed E-state index contributed by atoms with van der Waals surface area (Å²) in [6, 6.07) is 3.70. The van der Waals surface area contributed by atoms with Gasteiger partial charge in [-0.2, -0.15) is 0 Å². The number of nitrogens with one attached hydrogen (secondary N) is 2. The maximum atomic E-state index is 12.7. The van der Waals surface area contributed by atoms with E-state index in [4.69, 9.17) is 10.7 Å². The Morgan fingerprint density at radius 3 is 2.69 bits per heavy atom. The van der Waals surface area contributed by atoms with Crippen molar-refractivity contribution < 1.29 is 14.7 Å². The second-order valence-electron chi connectivity index (χ2n) is 9.91. The molecule has 0 aromatic carbocycles. The number of aromatic nitrogens is 1. The van der Waals surface area contributed by atoms with Crippen LogP contribution in [0.3, 0.4) is 0 Å². The van der Waals surface area contributed by atoms with E-state index in [1.54, 1.807) is 0 Å². The quantitative estimate of drug-likeness (QED) is 0.386. The number of carboxylic acids is 1. The van der Waals surface area contributed by atoms with Gasteiger partial charge in [0, 0.05) is 23.7 Å². The van der Waals surface area contributed by atoms with Crippen molar-refractivity contribution in [1.29, 1.82) is 0 Å². The van der Waals surface area contributed by atoms with Crippen LogP contribution in [0, 0.1) is 5.41 Å². The van der Waals surface area contributed by atoms with Crippen LogP contribution in [0.5, 0.6) is 0 Å². The standard InChI is InChI=1S/C25H40N4O3/c1-25(15-13-19(26)14-16-25)24(32)29-21(23(30)31)10-6-4-2-3-5-9-20-12-11-18-8-7-17-27-22(18)28-20/h11-12,19,21H,2-10,13-17,26H2,1H3,(H,27,28)(H,29,32)(H,30,31). The zero-order valence-electron chi connectivity index (χ0n) is 19.5. The number of hydrogen-bond donors (Lipinski definition) is 4. The van der Waals surface area contributed by atoms with Crippen molar-refractivity contribution in [3.8, 4) is 0 Å². The second-order valence-corrected chi connectivity index (χ2v) is 9.91. The third kappa shape index (κ3) is 6.92. The van der Waals surface area contributed by atoms with Crippen molar-refractivity contribution >= 4 is 17.7 Å². The van der Waals surface area contributed by atoms with Gasteiger partial charge in [0.15, 0.2) is 0 Å². The molecular weight excluding hydrogens is 404 g/mol. The van der Waals surface area contributed by atoms with Crippen LogP contribution in [0.25, 0.3) is 0 Å². The number of unbranched alkanes of at least 4 members (excludes halogenated alkanes) is 4. The van der Waals surface area contributed by atoms with Crippen LogP contribution >= 0.6 is 0 Å². The molecule has 1 unspecified atom stereocenters. The lowest BCUT2D eigenvalue weighted by molar-refractivity contribution is -0.144. The van der Waals surface area contributed by atoms with E-state index < -0.39 is 17.4 Å². The minimum Gasteiger partial charge on any atom is -0.480 e. The number of amides is 1. The van der Waals surface area contributed by atoms with E-state index in [-0.39, 0.29) is 11.9 Å². The molecule has 7 nitrogen and oxygen atoms in total. The highest BCUT2D eigenvalue weighted by Gasteiger charge is 2.38. The molecule has 5 N–H and O–H groups in total. The normalized spacial score (nSPS) is 23.6. The topological polar surface area (TPSA) is 117 Å². The van der Waals surface area contributed by atoms with Crippen LogP contribution in [0.15, 0.2) is 12.1 Å². The Morgan fingerprint density at radius 1 is 1.22 bits per heavy atom. The molecule has 2 heterocycles. The lowest BCUT2D eigenvalue weighted by atomic mass is 9.73. The number of nitrogens with zero attached hydrogens (tertiary/aromatic N) is 1. The predicted octanol–water partition coefficient (Wildman–Crippen LogP) is 3.80. The van der Waals surface area contributed by atoms with Crippen molar-refractivity contribution in [2.45, 2.75) is 102 Å². The van der Waals surface area contributed by atoms with Gasteiger partial charge < -0.3 is 21.5 Å². The van der Waals surface area contributed by atoms with Crippen LogP contribution < -0.4 is 16.4 Å². The van der Waals surface area contributed by atoms with Gasteiger partial charge in [-0.05, 0) is 69.4 Å². The van der Waals surface area contributed by atoms with Crippen LogP contribution in [0.1, 0.15) is 88.8 Å². The fourth-order valence-corrected chi connectivity index (χ4v) is 4.79. The van der Waals surface area contributed by atoms with Crippen molar-refractivity contribution in [3.05, 3.63) is 23.4 Å². The number of carboxylic acid groups (broad SMARTS) is 1. The molecule has 2 aliphatic rings. The molecule has 3 rings (SSSR count). The summed E-state index contributed by atoms with van der Waals surface area (Å²) in [7, 11) is 0. The largest absolute Gasteiger partial charge is 0.480 e. The molecule has 7 heteroatoms. The summed E-state index contributed by atoms with van der Waals surface area (Å²) in [4.78, 5) is 29.1. The molecule has 1 aromatic rings. The van der Waals surface area contributed by atoms with Gasteiger partial charge in [0.05, 0.1) is 0 Å². The first kappa shape index (κ1) is 24.5. The molecule has 178 valence electrons. The van der Waals surface area contributed by atoms with Crippen molar-refractivity contribution in [2.75, 3.05) is 11.9 Å². The summed E-state index contributed by atoms with van der Waals surface area (Å²) in [5.74, 6) is -0.0224. The number of aryl methyl sites for hydroxylation is 2. The number of carbonyl (C=O) groups excluding carboxylic acids is 1. The minimum absolute atomic E-state index is 0.135. The molecule has 0 radical (unpaired) electrons. The Hall–Kier alpha value is -2.15. The fourth-order valence-electron chi connectivity index (χ4n) is 4.79. The monoisotopic (exact) mass is 444 g/mol. The highest BCUT2D eigenvalue weighted by atomic mass is 16.4. The minimum atomic E-state index is -0.943. The van der Waals surface area contributed by atoms with E-state index in [9.17, 15) is 14.7 Å². The van der Waals surface area contributed by atoms with Gasteiger partial charge in [0.25, 0.3) is 0 Å². The molecule has 1 fully saturated rings. The van der Waals surface area contributed by atoms with Gasteiger partial charge in [-0.3, -0.25) is 4.79 Å². The number of fused-ring (bicyclic) bond motifs is 1. The highest BCUT2D eigenvalue weighted by Crippen LogP contribution is 2.35. The predicted molar refractivity (Wildman–Crippen MR) is 127 cm³/mol. The lowest BCUT2D eigenvalue weighted by Gasteiger charge is -2.35. The smallest absolute Gasteiger partial charge is 0.326 e. The van der Waals surface area contributed by atoms with Crippen LogP contribution in [-0.2, 0) is 22.4 Å². The van der Waals surface area contributed by atoms with E-state index in [0.717, 1.165) is 88.7 Å². The third-order valence-corrected chi connectivity index (χ3v) is 7.16. The Labute approximate surface area is 191 Å².